The van der Waals surface area contributed by atoms with Gasteiger partial charge in [0.05, 0.1) is 0 Å². The summed E-state index contributed by atoms with van der Waals surface area (Å²) in [5.74, 6) is 0.724. The van der Waals surface area contributed by atoms with E-state index in [4.69, 9.17) is 10.7 Å². The van der Waals surface area contributed by atoms with Gasteiger partial charge in [-0.1, -0.05) is 6.42 Å². The predicted molar refractivity (Wildman–Crippen MR) is 50.6 cm³/mol. The molecular formula is C7H10ClN3O2S. The molecule has 5 nitrogen and oxygen atoms in total. The van der Waals surface area contributed by atoms with Crippen molar-refractivity contribution in [2.24, 2.45) is 0 Å². The van der Waals surface area contributed by atoms with Gasteiger partial charge in [-0.15, -0.1) is 10.2 Å². The molecule has 0 saturated carbocycles. The molecule has 0 unspecified atom stereocenters. The Morgan fingerprint density at radius 2 is 2.00 bits per heavy atom. The van der Waals surface area contributed by atoms with Crippen molar-refractivity contribution >= 4 is 19.7 Å². The van der Waals surface area contributed by atoms with Crippen LogP contribution in [0, 0.1) is 0 Å². The van der Waals surface area contributed by atoms with Crippen LogP contribution in [0.1, 0.15) is 25.1 Å². The topological polar surface area (TPSA) is 64.8 Å². The lowest BCUT2D eigenvalue weighted by Gasteiger charge is -2.02. The van der Waals surface area contributed by atoms with E-state index in [9.17, 15) is 8.42 Å². The fourth-order valence-electron chi connectivity index (χ4n) is 1.64. The summed E-state index contributed by atoms with van der Waals surface area (Å²) < 4.78 is 23.8. The fourth-order valence-corrected chi connectivity index (χ4v) is 2.58. The summed E-state index contributed by atoms with van der Waals surface area (Å²) >= 11 is 0. The van der Waals surface area contributed by atoms with Gasteiger partial charge in [-0.25, -0.2) is 8.42 Å². The zero-order valence-corrected chi connectivity index (χ0v) is 9.05. The Labute approximate surface area is 86.5 Å². The molecule has 0 atom stereocenters. The monoisotopic (exact) mass is 235 g/mol. The van der Waals surface area contributed by atoms with E-state index in [0.717, 1.165) is 31.5 Å². The van der Waals surface area contributed by atoms with Crippen LogP contribution in [-0.2, 0) is 22.0 Å². The molecule has 0 N–H and O–H groups in total. The van der Waals surface area contributed by atoms with Gasteiger partial charge in [-0.3, -0.25) is 0 Å². The molecule has 2 heterocycles. The van der Waals surface area contributed by atoms with E-state index in [1.807, 2.05) is 0 Å². The van der Waals surface area contributed by atoms with Crippen molar-refractivity contribution in [1.29, 1.82) is 0 Å². The Bertz CT molecular complexity index is 440. The van der Waals surface area contributed by atoms with Gasteiger partial charge < -0.3 is 4.57 Å². The highest BCUT2D eigenvalue weighted by atomic mass is 35.7. The van der Waals surface area contributed by atoms with Gasteiger partial charge >= 0.3 is 0 Å². The van der Waals surface area contributed by atoms with Crippen LogP contribution in [0.25, 0.3) is 0 Å². The van der Waals surface area contributed by atoms with Crippen LogP contribution in [0.4, 0.5) is 0 Å². The van der Waals surface area contributed by atoms with E-state index in [-0.39, 0.29) is 5.16 Å². The Balaban J connectivity index is 2.50. The van der Waals surface area contributed by atoms with E-state index in [1.54, 1.807) is 4.57 Å². The maximum atomic E-state index is 11.1. The minimum absolute atomic E-state index is 0.115. The number of fused-ring (bicyclic) bond motifs is 1. The molecule has 0 aromatic carbocycles. The van der Waals surface area contributed by atoms with Gasteiger partial charge in [0.2, 0.25) is 0 Å². The van der Waals surface area contributed by atoms with Crippen molar-refractivity contribution in [2.45, 2.75) is 37.4 Å². The molecule has 0 radical (unpaired) electrons. The predicted octanol–water partition coefficient (Wildman–Crippen LogP) is 0.932. The molecule has 7 heteroatoms. The minimum Gasteiger partial charge on any atom is -0.301 e. The quantitative estimate of drug-likeness (QED) is 0.680. The molecule has 2 rings (SSSR count). The van der Waals surface area contributed by atoms with E-state index >= 15 is 0 Å². The summed E-state index contributed by atoms with van der Waals surface area (Å²) in [5.41, 5.74) is 0. The first-order chi connectivity index (χ1) is 6.59. The smallest absolute Gasteiger partial charge is 0.296 e. The first kappa shape index (κ1) is 9.92. The molecule has 0 bridgehead atoms. The number of aryl methyl sites for hydroxylation is 1. The van der Waals surface area contributed by atoms with Gasteiger partial charge in [0, 0.05) is 23.6 Å². The Hall–Kier alpha value is -0.620. The number of halogens is 1. The molecule has 1 aromatic heterocycles. The largest absolute Gasteiger partial charge is 0.301 e. The second-order valence-electron chi connectivity index (χ2n) is 3.30. The molecule has 14 heavy (non-hydrogen) atoms. The Morgan fingerprint density at radius 1 is 1.21 bits per heavy atom. The molecule has 0 amide bonds. The summed E-state index contributed by atoms with van der Waals surface area (Å²) in [7, 11) is 1.48. The molecular weight excluding hydrogens is 226 g/mol. The van der Waals surface area contributed by atoms with Gasteiger partial charge in [-0.2, -0.15) is 0 Å². The molecule has 1 aliphatic rings. The average molecular weight is 236 g/mol. The fraction of sp³-hybridized carbons (Fsp3) is 0.714. The van der Waals surface area contributed by atoms with Crippen molar-refractivity contribution < 1.29 is 8.42 Å². The first-order valence-electron chi connectivity index (χ1n) is 4.46. The standard InChI is InChI=1S/C7H10ClN3O2S/c8-14(12,13)7-10-9-6-4-2-1-3-5-11(6)7/h1-5H2. The van der Waals surface area contributed by atoms with Gasteiger partial charge in [0.1, 0.15) is 5.82 Å². The van der Waals surface area contributed by atoms with Gasteiger partial charge in [0.25, 0.3) is 14.2 Å². The van der Waals surface area contributed by atoms with E-state index in [0.29, 0.717) is 6.54 Å². The summed E-state index contributed by atoms with van der Waals surface area (Å²) in [6, 6.07) is 0. The van der Waals surface area contributed by atoms with Crippen molar-refractivity contribution in [1.82, 2.24) is 14.8 Å². The van der Waals surface area contributed by atoms with Crippen LogP contribution in [0.3, 0.4) is 0 Å². The van der Waals surface area contributed by atoms with Crippen LogP contribution in [0.15, 0.2) is 5.16 Å². The highest BCUT2D eigenvalue weighted by molar-refractivity contribution is 8.13. The summed E-state index contributed by atoms with van der Waals surface area (Å²) in [4.78, 5) is 0. The zero-order valence-electron chi connectivity index (χ0n) is 7.48. The second kappa shape index (κ2) is 3.51. The van der Waals surface area contributed by atoms with Crippen LogP contribution in [0.5, 0.6) is 0 Å². The molecule has 0 aliphatic carbocycles. The van der Waals surface area contributed by atoms with Crippen LogP contribution < -0.4 is 0 Å². The summed E-state index contributed by atoms with van der Waals surface area (Å²) in [6.45, 7) is 0.642. The first-order valence-corrected chi connectivity index (χ1v) is 6.77. The van der Waals surface area contributed by atoms with Crippen molar-refractivity contribution in [3.8, 4) is 0 Å². The lowest BCUT2D eigenvalue weighted by molar-refractivity contribution is 0.556. The second-order valence-corrected chi connectivity index (χ2v) is 5.76. The molecule has 0 fully saturated rings. The molecule has 1 aliphatic heterocycles. The molecule has 0 saturated heterocycles. The van der Waals surface area contributed by atoms with Gasteiger partial charge in [-0.05, 0) is 12.8 Å². The number of nitrogens with zero attached hydrogens (tertiary/aromatic N) is 3. The Morgan fingerprint density at radius 3 is 2.71 bits per heavy atom. The SMILES string of the molecule is O=S(=O)(Cl)c1nnc2n1CCCCC2. The highest BCUT2D eigenvalue weighted by Gasteiger charge is 2.23. The molecule has 1 aromatic rings. The molecule has 0 spiro atoms. The van der Waals surface area contributed by atoms with Crippen LogP contribution >= 0.6 is 10.7 Å². The van der Waals surface area contributed by atoms with Crippen molar-refractivity contribution in [2.75, 3.05) is 0 Å². The van der Waals surface area contributed by atoms with Crippen LogP contribution in [0.2, 0.25) is 0 Å². The average Bonchev–Trinajstić information content (AvgIpc) is 2.36. The number of rotatable bonds is 1. The molecule has 78 valence electrons. The maximum absolute atomic E-state index is 11.1. The third-order valence-corrected chi connectivity index (χ3v) is 3.45. The number of aromatic nitrogens is 3. The number of hydrogen-bond donors (Lipinski definition) is 0. The van der Waals surface area contributed by atoms with Crippen molar-refractivity contribution in [3.63, 3.8) is 0 Å². The normalized spacial score (nSPS) is 17.5. The van der Waals surface area contributed by atoms with Gasteiger partial charge in [0.15, 0.2) is 0 Å². The highest BCUT2D eigenvalue weighted by Crippen LogP contribution is 2.19. The van der Waals surface area contributed by atoms with Crippen molar-refractivity contribution in [3.05, 3.63) is 5.82 Å². The number of hydrogen-bond acceptors (Lipinski definition) is 4. The van der Waals surface area contributed by atoms with Crippen LogP contribution in [-0.4, -0.2) is 23.2 Å². The lowest BCUT2D eigenvalue weighted by Crippen LogP contribution is -2.07. The lowest BCUT2D eigenvalue weighted by atomic mass is 10.2. The summed E-state index contributed by atoms with van der Waals surface area (Å²) in [5, 5.41) is 7.32. The van der Waals surface area contributed by atoms with E-state index in [2.05, 4.69) is 10.2 Å². The third kappa shape index (κ3) is 1.76. The van der Waals surface area contributed by atoms with E-state index in [1.165, 1.54) is 0 Å². The van der Waals surface area contributed by atoms with E-state index < -0.39 is 9.05 Å². The minimum atomic E-state index is -3.76. The maximum Gasteiger partial charge on any atom is 0.296 e. The third-order valence-electron chi connectivity index (χ3n) is 2.29. The zero-order chi connectivity index (χ0) is 10.2. The Kier molecular flexibility index (Phi) is 2.48. The summed E-state index contributed by atoms with van der Waals surface area (Å²) in [6.07, 6.45) is 3.84.